The van der Waals surface area contributed by atoms with Crippen molar-refractivity contribution in [3.05, 3.63) is 28.8 Å². The predicted octanol–water partition coefficient (Wildman–Crippen LogP) is 4.34. The Morgan fingerprint density at radius 1 is 1.16 bits per heavy atom. The maximum Gasteiger partial charge on any atom is 0.120 e. The van der Waals surface area contributed by atoms with Gasteiger partial charge in [-0.05, 0) is 57.0 Å². The van der Waals surface area contributed by atoms with Gasteiger partial charge in [0, 0.05) is 11.1 Å². The molecule has 2 rings (SSSR count). The van der Waals surface area contributed by atoms with Gasteiger partial charge in [0.15, 0.2) is 0 Å². The van der Waals surface area contributed by atoms with Gasteiger partial charge in [-0.25, -0.2) is 0 Å². The highest BCUT2D eigenvalue weighted by Crippen LogP contribution is 2.26. The minimum Gasteiger partial charge on any atom is -0.489 e. The van der Waals surface area contributed by atoms with Crippen LogP contribution < -0.4 is 10.1 Å². The van der Waals surface area contributed by atoms with Gasteiger partial charge in [-0.2, -0.15) is 0 Å². The van der Waals surface area contributed by atoms with Gasteiger partial charge < -0.3 is 10.1 Å². The quantitative estimate of drug-likeness (QED) is 0.890. The van der Waals surface area contributed by atoms with Crippen LogP contribution in [-0.2, 0) is 0 Å². The van der Waals surface area contributed by atoms with Crippen LogP contribution in [0.4, 0.5) is 0 Å². The Bertz CT molecular complexity index is 408. The molecule has 0 aromatic heterocycles. The molecule has 19 heavy (non-hydrogen) atoms. The van der Waals surface area contributed by atoms with Crippen LogP contribution in [0.15, 0.2) is 18.2 Å². The van der Waals surface area contributed by atoms with E-state index in [2.05, 4.69) is 5.32 Å². The van der Waals surface area contributed by atoms with E-state index in [0.717, 1.165) is 22.8 Å². The summed E-state index contributed by atoms with van der Waals surface area (Å²) < 4.78 is 6.21. The second-order valence-corrected chi connectivity index (χ2v) is 5.86. The van der Waals surface area contributed by atoms with Crippen molar-refractivity contribution in [3.8, 4) is 5.75 Å². The molecule has 2 nitrogen and oxygen atoms in total. The standard InChI is InChI=1S/C16H24ClNO/c1-12-11-13(9-10-14(12)17)19-16-8-6-4-3-5-7-15(16)18-2/h9-11,15-16,18H,3-8H2,1-2H3. The van der Waals surface area contributed by atoms with E-state index in [1.54, 1.807) is 0 Å². The molecule has 1 saturated carbocycles. The van der Waals surface area contributed by atoms with E-state index in [9.17, 15) is 0 Å². The van der Waals surface area contributed by atoms with Crippen LogP contribution in [0.25, 0.3) is 0 Å². The number of hydrogen-bond donors (Lipinski definition) is 1. The Morgan fingerprint density at radius 3 is 2.58 bits per heavy atom. The highest BCUT2D eigenvalue weighted by molar-refractivity contribution is 6.31. The largest absolute Gasteiger partial charge is 0.489 e. The first-order valence-corrected chi connectivity index (χ1v) is 7.68. The lowest BCUT2D eigenvalue weighted by Crippen LogP contribution is -2.41. The van der Waals surface area contributed by atoms with Crippen LogP contribution in [0.1, 0.15) is 44.1 Å². The van der Waals surface area contributed by atoms with Gasteiger partial charge in [0.1, 0.15) is 11.9 Å². The van der Waals surface area contributed by atoms with Crippen LogP contribution in [0.2, 0.25) is 5.02 Å². The van der Waals surface area contributed by atoms with E-state index in [1.807, 2.05) is 32.2 Å². The fourth-order valence-electron chi connectivity index (χ4n) is 2.79. The number of ether oxygens (including phenoxy) is 1. The smallest absolute Gasteiger partial charge is 0.120 e. The topological polar surface area (TPSA) is 21.3 Å². The zero-order chi connectivity index (χ0) is 13.7. The molecule has 1 aliphatic carbocycles. The van der Waals surface area contributed by atoms with E-state index in [0.29, 0.717) is 6.04 Å². The first-order valence-electron chi connectivity index (χ1n) is 7.31. The molecule has 2 unspecified atom stereocenters. The average Bonchev–Trinajstić information content (AvgIpc) is 2.37. The Labute approximate surface area is 121 Å². The van der Waals surface area contributed by atoms with Crippen molar-refractivity contribution in [2.45, 2.75) is 57.6 Å². The summed E-state index contributed by atoms with van der Waals surface area (Å²) in [5.41, 5.74) is 1.08. The lowest BCUT2D eigenvalue weighted by atomic mass is 9.94. The van der Waals surface area contributed by atoms with Gasteiger partial charge in [0.05, 0.1) is 0 Å². The zero-order valence-electron chi connectivity index (χ0n) is 11.9. The summed E-state index contributed by atoms with van der Waals surface area (Å²) in [6.45, 7) is 2.02. The minimum atomic E-state index is 0.269. The molecule has 0 amide bonds. The van der Waals surface area contributed by atoms with Gasteiger partial charge in [-0.3, -0.25) is 0 Å². The van der Waals surface area contributed by atoms with Crippen molar-refractivity contribution in [2.24, 2.45) is 0 Å². The molecule has 0 aliphatic heterocycles. The summed E-state index contributed by atoms with van der Waals surface area (Å²) >= 11 is 6.06. The molecule has 1 aliphatic rings. The van der Waals surface area contributed by atoms with Crippen molar-refractivity contribution in [3.63, 3.8) is 0 Å². The molecule has 1 fully saturated rings. The van der Waals surface area contributed by atoms with E-state index >= 15 is 0 Å². The Hall–Kier alpha value is -0.730. The molecule has 1 aromatic carbocycles. The van der Waals surface area contributed by atoms with Crippen LogP contribution in [-0.4, -0.2) is 19.2 Å². The van der Waals surface area contributed by atoms with Crippen LogP contribution in [0.5, 0.6) is 5.75 Å². The lowest BCUT2D eigenvalue weighted by molar-refractivity contribution is 0.131. The highest BCUT2D eigenvalue weighted by atomic mass is 35.5. The molecule has 0 saturated heterocycles. The fraction of sp³-hybridized carbons (Fsp3) is 0.625. The second kappa shape index (κ2) is 7.16. The van der Waals surface area contributed by atoms with Crippen molar-refractivity contribution in [1.29, 1.82) is 0 Å². The molecule has 1 N–H and O–H groups in total. The van der Waals surface area contributed by atoms with Gasteiger partial charge in [0.25, 0.3) is 0 Å². The molecule has 0 heterocycles. The third-order valence-electron chi connectivity index (χ3n) is 3.99. The number of likely N-dealkylation sites (N-methyl/N-ethyl adjacent to an activating group) is 1. The fourth-order valence-corrected chi connectivity index (χ4v) is 2.90. The van der Waals surface area contributed by atoms with Crippen molar-refractivity contribution in [1.82, 2.24) is 5.32 Å². The van der Waals surface area contributed by atoms with E-state index in [-0.39, 0.29) is 6.10 Å². The molecule has 106 valence electrons. The summed E-state index contributed by atoms with van der Waals surface area (Å²) in [4.78, 5) is 0. The summed E-state index contributed by atoms with van der Waals surface area (Å²) in [5, 5.41) is 4.22. The van der Waals surface area contributed by atoms with Crippen molar-refractivity contribution in [2.75, 3.05) is 7.05 Å². The average molecular weight is 282 g/mol. The van der Waals surface area contributed by atoms with E-state index in [1.165, 1.54) is 32.1 Å². The molecular weight excluding hydrogens is 258 g/mol. The number of nitrogens with one attached hydrogen (secondary N) is 1. The minimum absolute atomic E-state index is 0.269. The normalized spacial score (nSPS) is 24.6. The molecule has 0 bridgehead atoms. The van der Waals surface area contributed by atoms with Gasteiger partial charge >= 0.3 is 0 Å². The molecule has 2 atom stereocenters. The van der Waals surface area contributed by atoms with Crippen molar-refractivity contribution >= 4 is 11.6 Å². The highest BCUT2D eigenvalue weighted by Gasteiger charge is 2.23. The molecule has 3 heteroatoms. The van der Waals surface area contributed by atoms with Gasteiger partial charge in [-0.1, -0.05) is 30.9 Å². The van der Waals surface area contributed by atoms with Gasteiger partial charge in [0.2, 0.25) is 0 Å². The van der Waals surface area contributed by atoms with Crippen LogP contribution in [0, 0.1) is 6.92 Å². The summed E-state index contributed by atoms with van der Waals surface area (Å²) in [6, 6.07) is 6.38. The second-order valence-electron chi connectivity index (χ2n) is 5.45. The summed E-state index contributed by atoms with van der Waals surface area (Å²) in [6.07, 6.45) is 7.84. The Kier molecular flexibility index (Phi) is 5.53. The first-order chi connectivity index (χ1) is 9.20. The molecule has 1 aromatic rings. The number of hydrogen-bond acceptors (Lipinski definition) is 2. The Balaban J connectivity index is 2.06. The number of halogens is 1. The molecular formula is C16H24ClNO. The van der Waals surface area contributed by atoms with Crippen molar-refractivity contribution < 1.29 is 4.74 Å². The zero-order valence-corrected chi connectivity index (χ0v) is 12.7. The number of benzene rings is 1. The van der Waals surface area contributed by atoms with Crippen LogP contribution in [0.3, 0.4) is 0 Å². The van der Waals surface area contributed by atoms with E-state index in [4.69, 9.17) is 16.3 Å². The SMILES string of the molecule is CNC1CCCCCCC1Oc1ccc(Cl)c(C)c1. The Morgan fingerprint density at radius 2 is 1.89 bits per heavy atom. The molecule has 0 radical (unpaired) electrons. The summed E-state index contributed by atoms with van der Waals surface area (Å²) in [7, 11) is 2.04. The number of aryl methyl sites for hydroxylation is 1. The van der Waals surface area contributed by atoms with E-state index < -0.39 is 0 Å². The maximum atomic E-state index is 6.21. The monoisotopic (exact) mass is 281 g/mol. The lowest BCUT2D eigenvalue weighted by Gasteiger charge is -2.29. The van der Waals surface area contributed by atoms with Crippen LogP contribution >= 0.6 is 11.6 Å². The maximum absolute atomic E-state index is 6.21. The predicted molar refractivity (Wildman–Crippen MR) is 81.2 cm³/mol. The third kappa shape index (κ3) is 4.12. The molecule has 0 spiro atoms. The third-order valence-corrected chi connectivity index (χ3v) is 4.41. The summed E-state index contributed by atoms with van der Waals surface area (Å²) in [5.74, 6) is 0.938. The number of rotatable bonds is 3. The van der Waals surface area contributed by atoms with Gasteiger partial charge in [-0.15, -0.1) is 0 Å². The first kappa shape index (κ1) is 14.7.